The van der Waals surface area contributed by atoms with E-state index in [-0.39, 0.29) is 64.9 Å². The van der Waals surface area contributed by atoms with Crippen LogP contribution in [0.4, 0.5) is 0 Å². The molecule has 2 aromatic rings. The van der Waals surface area contributed by atoms with Gasteiger partial charge in [0.2, 0.25) is 23.6 Å². The summed E-state index contributed by atoms with van der Waals surface area (Å²) < 4.78 is 24.9. The number of rotatable bonds is 27. The number of benzene rings is 2. The third-order valence-electron chi connectivity index (χ3n) is 7.36. The largest absolute Gasteiger partial charge is 0.843 e. The van der Waals surface area contributed by atoms with Crippen molar-refractivity contribution in [3.63, 3.8) is 0 Å². The lowest BCUT2D eigenvalue weighted by Crippen LogP contribution is -2.55. The summed E-state index contributed by atoms with van der Waals surface area (Å²) in [6.45, 7) is 1.09. The minimum atomic E-state index is -2.74. The molecule has 0 bridgehead atoms. The molecule has 0 saturated carbocycles. The van der Waals surface area contributed by atoms with Crippen molar-refractivity contribution >= 4 is 29.6 Å². The molecule has 0 aromatic heterocycles. The number of nitrogens with zero attached hydrogens (tertiary/aromatic N) is 1. The summed E-state index contributed by atoms with van der Waals surface area (Å²) in [5, 5.41) is 36.0. The van der Waals surface area contributed by atoms with Crippen LogP contribution in [0.2, 0.25) is 0 Å². The van der Waals surface area contributed by atoms with Crippen LogP contribution in [-0.4, -0.2) is 138 Å². The van der Waals surface area contributed by atoms with Gasteiger partial charge in [-0.25, -0.2) is 0 Å². The smallest absolute Gasteiger partial charge is 0.305 e. The number of carbonyl (C=O) groups is 5. The van der Waals surface area contributed by atoms with Crippen molar-refractivity contribution in [1.82, 2.24) is 36.8 Å². The minimum Gasteiger partial charge on any atom is -0.843 e. The maximum Gasteiger partial charge on any atom is 0.305 e. The van der Waals surface area contributed by atoms with E-state index in [0.29, 0.717) is 19.6 Å². The van der Waals surface area contributed by atoms with Crippen molar-refractivity contribution in [1.29, 1.82) is 0 Å². The molecule has 0 radical (unpaired) electrons. The number of carboxylic acids is 1. The van der Waals surface area contributed by atoms with Crippen molar-refractivity contribution in [2.75, 3.05) is 86.0 Å². The summed E-state index contributed by atoms with van der Waals surface area (Å²) in [6.07, 6.45) is -0.559. The number of hydrogen-bond donors (Lipinski definition) is 7. The number of aliphatic carboxylic acids is 1. The van der Waals surface area contributed by atoms with Gasteiger partial charge < -0.3 is 51.6 Å². The Morgan fingerprint density at radius 3 is 2.08 bits per heavy atom. The highest BCUT2D eigenvalue weighted by molar-refractivity contribution is 5.93. The van der Waals surface area contributed by atoms with Crippen LogP contribution >= 0.6 is 0 Å². The van der Waals surface area contributed by atoms with Gasteiger partial charge in [0.25, 0.3) is 0 Å². The Labute approximate surface area is 301 Å². The molecule has 0 saturated heterocycles. The Bertz CT molecular complexity index is 1420. The maximum absolute atomic E-state index is 13.2. The molecule has 0 spiro atoms. The standard InChI is InChI=1S/C35H52N7O9/c1-26(44)40-30(22-27-8-10-29(11-9-27)28-6-4-3-5-7-28)35(49)41-31(23-33(46)47)34(48)39-15-19-51-21-20-50-18-14-38-32(45)24-42(16-12-36-2)17-13-37-25-43/h3-11,30-31,36-37H,12-25H2,1-2H3,(H,38,45)(H,39,48)(H,40,44)(H,41,49)(H,46,47)/q-1/t30-,31-/m0/s1/i25TD/t25?,30-,31-. The molecular formula is C35H52N7O9-. The molecule has 16 heteroatoms. The third-order valence-corrected chi connectivity index (χ3v) is 7.36. The van der Waals surface area contributed by atoms with E-state index >= 15 is 0 Å². The van der Waals surface area contributed by atoms with Crippen molar-refractivity contribution in [3.8, 4) is 11.1 Å². The molecular weight excluding hydrogens is 662 g/mol. The number of amides is 4. The highest BCUT2D eigenvalue weighted by Crippen LogP contribution is 2.20. The molecule has 51 heavy (non-hydrogen) atoms. The third kappa shape index (κ3) is 18.9. The van der Waals surface area contributed by atoms with Crippen LogP contribution in [0.25, 0.3) is 11.1 Å². The summed E-state index contributed by atoms with van der Waals surface area (Å²) in [5.41, 5.74) is 2.75. The molecule has 16 nitrogen and oxygen atoms in total. The molecule has 0 heterocycles. The summed E-state index contributed by atoms with van der Waals surface area (Å²) in [4.78, 5) is 63.5. The number of hydrogen-bond acceptors (Lipinski definition) is 11. The van der Waals surface area contributed by atoms with Crippen LogP contribution in [0, 0.1) is 0 Å². The quantitative estimate of drug-likeness (QED) is 0.0396. The van der Waals surface area contributed by atoms with Gasteiger partial charge in [0.1, 0.15) is 12.1 Å². The summed E-state index contributed by atoms with van der Waals surface area (Å²) in [5.74, 6) is -3.44. The molecule has 0 fully saturated rings. The first-order chi connectivity index (χ1) is 25.3. The van der Waals surface area contributed by atoms with Crippen molar-refractivity contribution in [3.05, 3.63) is 60.2 Å². The molecule has 3 atom stereocenters. The topological polar surface area (TPSA) is 223 Å². The minimum absolute atomic E-state index is 0.0305. The Kier molecular flexibility index (Phi) is 19.7. The number of likely N-dealkylation sites (N-methyl/N-ethyl adjacent to an activating group) is 1. The average Bonchev–Trinajstić information content (AvgIpc) is 3.10. The monoisotopic (exact) mass is 717 g/mol. The Hall–Kier alpha value is -4.45. The van der Waals surface area contributed by atoms with Crippen LogP contribution in [0.3, 0.4) is 0 Å². The van der Waals surface area contributed by atoms with Crippen LogP contribution < -0.4 is 37.0 Å². The second kappa shape index (κ2) is 25.5. The lowest BCUT2D eigenvalue weighted by Gasteiger charge is -2.22. The van der Waals surface area contributed by atoms with Gasteiger partial charge in [-0.3, -0.25) is 28.9 Å². The van der Waals surface area contributed by atoms with Gasteiger partial charge >= 0.3 is 5.97 Å². The average molecular weight is 718 g/mol. The normalized spacial score (nSPS) is 14.0. The molecule has 2 aromatic carbocycles. The molecule has 2 rings (SSSR count). The number of carboxylic acid groups (broad SMARTS) is 1. The zero-order valence-corrected chi connectivity index (χ0v) is 29.2. The van der Waals surface area contributed by atoms with Crippen LogP contribution in [-0.2, 0) is 39.9 Å². The van der Waals surface area contributed by atoms with Crippen molar-refractivity contribution in [2.24, 2.45) is 0 Å². The second-order valence-electron chi connectivity index (χ2n) is 11.5. The van der Waals surface area contributed by atoms with E-state index in [2.05, 4.69) is 31.9 Å². The highest BCUT2D eigenvalue weighted by Gasteiger charge is 2.28. The van der Waals surface area contributed by atoms with Gasteiger partial charge in [-0.2, -0.15) is 0 Å². The van der Waals surface area contributed by atoms with Gasteiger partial charge in [-0.05, 0) is 23.7 Å². The Balaban J connectivity index is 1.71. The predicted octanol–water partition coefficient (Wildman–Crippen LogP) is -1.95. The van der Waals surface area contributed by atoms with E-state index in [0.717, 1.165) is 16.7 Å². The fraction of sp³-hybridized carbons (Fsp3) is 0.514. The van der Waals surface area contributed by atoms with Crippen molar-refractivity contribution in [2.45, 2.75) is 31.8 Å². The zero-order chi connectivity index (χ0) is 39.1. The number of nitrogens with one attached hydrogen (secondary N) is 6. The molecule has 0 aliphatic heterocycles. The van der Waals surface area contributed by atoms with Gasteiger partial charge in [0.15, 0.2) is 0 Å². The summed E-state index contributed by atoms with van der Waals surface area (Å²) in [7, 11) is 1.77. The number of carbonyl (C=O) groups excluding carboxylic acids is 4. The molecule has 4 amide bonds. The van der Waals surface area contributed by atoms with E-state index in [1.165, 1.54) is 6.92 Å². The van der Waals surface area contributed by atoms with Crippen LogP contribution in [0.1, 0.15) is 21.6 Å². The molecule has 1 unspecified atom stereocenters. The SMILES string of the molecule is [2H]C([3H])([O-])NCCN(CCNC)CC(=O)NCCOCCOCCNC(=O)[C@H](CC(=O)O)NC(=O)[C@H](Cc1ccc(-c2ccccc2)cc1)NC(C)=O. The van der Waals surface area contributed by atoms with Gasteiger partial charge in [0.05, 0.1) is 39.4 Å². The lowest BCUT2D eigenvalue weighted by molar-refractivity contribution is -0.374. The summed E-state index contributed by atoms with van der Waals surface area (Å²) in [6, 6.07) is 14.7. The second-order valence-corrected chi connectivity index (χ2v) is 11.5. The van der Waals surface area contributed by atoms with E-state index in [9.17, 15) is 34.2 Å². The van der Waals surface area contributed by atoms with Gasteiger partial charge in [0, 0.05) is 55.4 Å². The van der Waals surface area contributed by atoms with Gasteiger partial charge in [-0.1, -0.05) is 61.3 Å². The molecule has 0 aliphatic rings. The highest BCUT2D eigenvalue weighted by atomic mass is 16.5. The number of ether oxygens (including phenoxy) is 2. The first-order valence-corrected chi connectivity index (χ1v) is 16.7. The fourth-order valence-electron chi connectivity index (χ4n) is 4.83. The fourth-order valence-corrected chi connectivity index (χ4v) is 4.83. The van der Waals surface area contributed by atoms with E-state index in [1.54, 1.807) is 11.9 Å². The Morgan fingerprint density at radius 1 is 0.843 bits per heavy atom. The van der Waals surface area contributed by atoms with E-state index in [1.807, 2.05) is 54.6 Å². The molecule has 0 aliphatic carbocycles. The predicted molar refractivity (Wildman–Crippen MR) is 188 cm³/mol. The summed E-state index contributed by atoms with van der Waals surface area (Å²) >= 11 is 0. The van der Waals surface area contributed by atoms with Crippen LogP contribution in [0.5, 0.6) is 0 Å². The van der Waals surface area contributed by atoms with E-state index in [4.69, 9.17) is 12.2 Å². The van der Waals surface area contributed by atoms with E-state index < -0.39 is 48.9 Å². The van der Waals surface area contributed by atoms with Crippen molar-refractivity contribution < 1.29 is 46.4 Å². The first-order valence-electron chi connectivity index (χ1n) is 17.7. The van der Waals surface area contributed by atoms with Gasteiger partial charge in [-0.15, -0.1) is 0 Å². The Morgan fingerprint density at radius 2 is 1.47 bits per heavy atom. The lowest BCUT2D eigenvalue weighted by atomic mass is 10.00. The molecule has 7 N–H and O–H groups in total. The molecule has 282 valence electrons. The maximum atomic E-state index is 13.2. The first kappa shape index (κ1) is 39.3. The zero-order valence-electron chi connectivity index (χ0n) is 31.2. The van der Waals surface area contributed by atoms with Crippen LogP contribution in [0.15, 0.2) is 54.6 Å².